The normalized spacial score (nSPS) is 17.0. The van der Waals surface area contributed by atoms with Crippen LogP contribution in [0.5, 0.6) is 0 Å². The largest absolute Gasteiger partial charge is 0.329 e. The Hall–Kier alpha value is -1.69. The fourth-order valence-corrected chi connectivity index (χ4v) is 3.24. The Labute approximate surface area is 106 Å². The molecule has 5 nitrogen and oxygen atoms in total. The summed E-state index contributed by atoms with van der Waals surface area (Å²) >= 11 is 1.16. The highest BCUT2D eigenvalue weighted by Gasteiger charge is 2.42. The minimum absolute atomic E-state index is 0.282. The molecule has 1 N–H and O–H groups in total. The van der Waals surface area contributed by atoms with E-state index < -0.39 is 0 Å². The van der Waals surface area contributed by atoms with Crippen molar-refractivity contribution in [3.8, 4) is 0 Å². The highest BCUT2D eigenvalue weighted by molar-refractivity contribution is 7.20. The van der Waals surface area contributed by atoms with E-state index in [1.165, 1.54) is 4.57 Å². The molecule has 0 radical (unpaired) electrons. The molecule has 0 atom stereocenters. The third-order valence-electron chi connectivity index (χ3n) is 3.64. The third kappa shape index (κ3) is 1.35. The molecule has 0 unspecified atom stereocenters. The summed E-state index contributed by atoms with van der Waals surface area (Å²) in [6.45, 7) is 3.64. The number of nitrogens with zero attached hydrogens (tertiary/aromatic N) is 1. The van der Waals surface area contributed by atoms with E-state index in [1.807, 2.05) is 6.92 Å². The number of fused-ring (bicyclic) bond motifs is 1. The van der Waals surface area contributed by atoms with Gasteiger partial charge in [-0.1, -0.05) is 0 Å². The molecule has 18 heavy (non-hydrogen) atoms. The number of carbonyl (C=O) groups is 1. The number of hydrogen-bond acceptors (Lipinski definition) is 4. The highest BCUT2D eigenvalue weighted by Crippen LogP contribution is 2.41. The van der Waals surface area contributed by atoms with Crippen LogP contribution in [0, 0.1) is 6.92 Å². The van der Waals surface area contributed by atoms with Crippen LogP contribution in [0.3, 0.4) is 0 Å². The van der Waals surface area contributed by atoms with E-state index in [1.54, 1.807) is 6.92 Å². The van der Waals surface area contributed by atoms with Crippen LogP contribution in [0.25, 0.3) is 10.2 Å². The van der Waals surface area contributed by atoms with Gasteiger partial charge in [0.1, 0.15) is 4.83 Å². The van der Waals surface area contributed by atoms with Crippen molar-refractivity contribution in [2.75, 3.05) is 0 Å². The number of carbonyl (C=O) groups excluding carboxylic acids is 1. The van der Waals surface area contributed by atoms with Gasteiger partial charge < -0.3 is 0 Å². The molecule has 1 fully saturated rings. The number of nitrogens with one attached hydrogen (secondary N) is 1. The maximum atomic E-state index is 12.4. The Morgan fingerprint density at radius 1 is 1.39 bits per heavy atom. The molecule has 0 saturated heterocycles. The lowest BCUT2D eigenvalue weighted by molar-refractivity contribution is 0.112. The van der Waals surface area contributed by atoms with Gasteiger partial charge in [-0.2, -0.15) is 0 Å². The van der Waals surface area contributed by atoms with Gasteiger partial charge in [-0.05, 0) is 32.3 Å². The Balaban J connectivity index is 2.48. The van der Waals surface area contributed by atoms with Crippen molar-refractivity contribution in [3.05, 3.63) is 31.3 Å². The van der Waals surface area contributed by atoms with E-state index >= 15 is 0 Å². The first kappa shape index (κ1) is 11.4. The van der Waals surface area contributed by atoms with Crippen LogP contribution in [0.1, 0.15) is 35.0 Å². The summed E-state index contributed by atoms with van der Waals surface area (Å²) in [5.74, 6) is 0. The fourth-order valence-electron chi connectivity index (χ4n) is 2.24. The van der Waals surface area contributed by atoms with Crippen LogP contribution in [0.4, 0.5) is 0 Å². The van der Waals surface area contributed by atoms with Crippen LogP contribution in [0.15, 0.2) is 9.59 Å². The molecule has 1 saturated carbocycles. The predicted molar refractivity (Wildman–Crippen MR) is 69.7 cm³/mol. The molecular formula is C12H12N2O3S. The van der Waals surface area contributed by atoms with Gasteiger partial charge in [0.05, 0.1) is 15.8 Å². The number of aryl methyl sites for hydroxylation is 1. The summed E-state index contributed by atoms with van der Waals surface area (Å²) in [5, 5.41) is 0.467. The SMILES string of the molecule is Cc1c(C=O)sc2[nH]c(=O)n(C3(C)CC3)c(=O)c12. The summed E-state index contributed by atoms with van der Waals surface area (Å²) in [5.41, 5.74) is -0.361. The van der Waals surface area contributed by atoms with E-state index in [2.05, 4.69) is 4.98 Å². The summed E-state index contributed by atoms with van der Waals surface area (Å²) in [6.07, 6.45) is 2.40. The van der Waals surface area contributed by atoms with Gasteiger partial charge in [0.2, 0.25) is 0 Å². The Morgan fingerprint density at radius 3 is 2.61 bits per heavy atom. The summed E-state index contributed by atoms with van der Waals surface area (Å²) in [7, 11) is 0. The number of thiophene rings is 1. The van der Waals surface area contributed by atoms with Crippen molar-refractivity contribution >= 4 is 27.8 Å². The number of aromatic nitrogens is 2. The highest BCUT2D eigenvalue weighted by atomic mass is 32.1. The maximum absolute atomic E-state index is 12.4. The lowest BCUT2D eigenvalue weighted by Crippen LogP contribution is -2.40. The second-order valence-corrected chi connectivity index (χ2v) is 6.03. The first-order valence-corrected chi connectivity index (χ1v) is 6.54. The number of rotatable bonds is 2. The molecule has 2 heterocycles. The average Bonchev–Trinajstić information content (AvgIpc) is 2.94. The zero-order valence-corrected chi connectivity index (χ0v) is 10.9. The van der Waals surface area contributed by atoms with Crippen molar-refractivity contribution in [2.24, 2.45) is 0 Å². The standard InChI is InChI=1S/C12H12N2O3S/c1-6-7(5-15)18-9-8(6)10(16)14(11(17)13-9)12(2)3-4-12/h5H,3-4H2,1-2H3,(H,13,17). The zero-order valence-electron chi connectivity index (χ0n) is 10.1. The van der Waals surface area contributed by atoms with E-state index in [4.69, 9.17) is 0 Å². The van der Waals surface area contributed by atoms with Gasteiger partial charge in [0.25, 0.3) is 5.56 Å². The van der Waals surface area contributed by atoms with Crippen LogP contribution >= 0.6 is 11.3 Å². The van der Waals surface area contributed by atoms with Crippen molar-refractivity contribution in [2.45, 2.75) is 32.2 Å². The van der Waals surface area contributed by atoms with E-state index in [-0.39, 0.29) is 16.8 Å². The van der Waals surface area contributed by atoms with E-state index in [9.17, 15) is 14.4 Å². The molecule has 0 aromatic carbocycles. The zero-order chi connectivity index (χ0) is 13.1. The Kier molecular flexibility index (Phi) is 2.16. The molecule has 1 aliphatic carbocycles. The Bertz CT molecular complexity index is 777. The molecule has 6 heteroatoms. The molecule has 2 aromatic heterocycles. The number of hydrogen-bond donors (Lipinski definition) is 1. The fraction of sp³-hybridized carbons (Fsp3) is 0.417. The van der Waals surface area contributed by atoms with E-state index in [0.29, 0.717) is 20.7 Å². The van der Waals surface area contributed by atoms with Crippen molar-refractivity contribution < 1.29 is 4.79 Å². The van der Waals surface area contributed by atoms with Gasteiger partial charge in [-0.3, -0.25) is 19.1 Å². The summed E-state index contributed by atoms with van der Waals surface area (Å²) in [4.78, 5) is 39.0. The number of aldehydes is 1. The van der Waals surface area contributed by atoms with Crippen molar-refractivity contribution in [1.82, 2.24) is 9.55 Å². The van der Waals surface area contributed by atoms with Gasteiger partial charge in [-0.25, -0.2) is 4.79 Å². The van der Waals surface area contributed by atoms with Crippen molar-refractivity contribution in [1.29, 1.82) is 0 Å². The Morgan fingerprint density at radius 2 is 2.06 bits per heavy atom. The quantitative estimate of drug-likeness (QED) is 0.833. The number of aromatic amines is 1. The van der Waals surface area contributed by atoms with Crippen LogP contribution in [-0.2, 0) is 5.54 Å². The molecule has 0 bridgehead atoms. The minimum Gasteiger partial charge on any atom is -0.298 e. The molecule has 2 aromatic rings. The van der Waals surface area contributed by atoms with E-state index in [0.717, 1.165) is 30.5 Å². The van der Waals surface area contributed by atoms with Gasteiger partial charge in [0, 0.05) is 0 Å². The second kappa shape index (κ2) is 3.41. The second-order valence-electron chi connectivity index (χ2n) is 4.98. The minimum atomic E-state index is -0.383. The third-order valence-corrected chi connectivity index (χ3v) is 4.78. The van der Waals surface area contributed by atoms with Gasteiger partial charge >= 0.3 is 5.69 Å². The molecule has 0 amide bonds. The molecule has 1 aliphatic rings. The van der Waals surface area contributed by atoms with Crippen LogP contribution in [-0.4, -0.2) is 15.8 Å². The predicted octanol–water partition coefficient (Wildman–Crippen LogP) is 1.38. The molecule has 94 valence electrons. The lowest BCUT2D eigenvalue weighted by Gasteiger charge is -2.11. The monoisotopic (exact) mass is 264 g/mol. The summed E-state index contributed by atoms with van der Waals surface area (Å²) in [6, 6.07) is 0. The topological polar surface area (TPSA) is 71.9 Å². The number of H-pyrrole nitrogens is 1. The average molecular weight is 264 g/mol. The van der Waals surface area contributed by atoms with Gasteiger partial charge in [-0.15, -0.1) is 11.3 Å². The molecule has 0 aliphatic heterocycles. The van der Waals surface area contributed by atoms with Crippen LogP contribution < -0.4 is 11.2 Å². The first-order chi connectivity index (χ1) is 8.48. The van der Waals surface area contributed by atoms with Crippen LogP contribution in [0.2, 0.25) is 0 Å². The molecule has 0 spiro atoms. The lowest BCUT2D eigenvalue weighted by atomic mass is 10.2. The first-order valence-electron chi connectivity index (χ1n) is 5.72. The maximum Gasteiger partial charge on any atom is 0.329 e. The smallest absolute Gasteiger partial charge is 0.298 e. The summed E-state index contributed by atoms with van der Waals surface area (Å²) < 4.78 is 1.30. The van der Waals surface area contributed by atoms with Crippen molar-refractivity contribution in [3.63, 3.8) is 0 Å². The molecule has 3 rings (SSSR count). The van der Waals surface area contributed by atoms with Gasteiger partial charge in [0.15, 0.2) is 6.29 Å². The molecular weight excluding hydrogens is 252 g/mol.